The van der Waals surface area contributed by atoms with E-state index in [2.05, 4.69) is 0 Å². The van der Waals surface area contributed by atoms with Crippen LogP contribution in [0, 0.1) is 16.0 Å². The van der Waals surface area contributed by atoms with E-state index in [1.165, 1.54) is 0 Å². The number of hydrogen-bond donors (Lipinski definition) is 2. The van der Waals surface area contributed by atoms with Crippen LogP contribution >= 0.6 is 11.6 Å². The van der Waals surface area contributed by atoms with E-state index in [0.29, 0.717) is 25.9 Å². The van der Waals surface area contributed by atoms with Crippen molar-refractivity contribution in [1.29, 1.82) is 0 Å². The molecule has 114 valence electrons. The molecule has 0 radical (unpaired) electrons. The van der Waals surface area contributed by atoms with E-state index in [0.717, 1.165) is 12.1 Å². The van der Waals surface area contributed by atoms with E-state index < -0.39 is 4.92 Å². The number of carbonyl (C=O) groups excluding carboxylic acids is 1. The number of benzene rings is 1. The van der Waals surface area contributed by atoms with Crippen molar-refractivity contribution in [2.75, 3.05) is 25.4 Å². The number of likely N-dealkylation sites (tertiary alicyclic amines) is 1. The largest absolute Gasteiger partial charge is 0.397 e. The Balaban J connectivity index is 2.25. The van der Waals surface area contributed by atoms with Crippen LogP contribution < -0.4 is 5.73 Å². The van der Waals surface area contributed by atoms with Gasteiger partial charge in [-0.25, -0.2) is 0 Å². The van der Waals surface area contributed by atoms with Gasteiger partial charge in [-0.15, -0.1) is 0 Å². The standard InChI is InChI=1S/C13H16ClN3O4/c14-11-6-9(17(20)21)5-10(12(11)15)13(19)16-3-1-8(7-18)2-4-16/h5-6,8,18H,1-4,7,15H2. The average Bonchev–Trinajstić information content (AvgIpc) is 2.49. The van der Waals surface area contributed by atoms with Gasteiger partial charge in [0.25, 0.3) is 11.6 Å². The summed E-state index contributed by atoms with van der Waals surface area (Å²) < 4.78 is 0. The molecule has 1 aromatic carbocycles. The van der Waals surface area contributed by atoms with Gasteiger partial charge in [-0.1, -0.05) is 11.6 Å². The Morgan fingerprint density at radius 1 is 1.48 bits per heavy atom. The van der Waals surface area contributed by atoms with Crippen LogP contribution in [0.2, 0.25) is 5.02 Å². The van der Waals surface area contributed by atoms with Gasteiger partial charge in [0.05, 0.1) is 21.2 Å². The van der Waals surface area contributed by atoms with Crippen molar-refractivity contribution in [3.05, 3.63) is 32.8 Å². The van der Waals surface area contributed by atoms with Gasteiger partial charge < -0.3 is 15.7 Å². The number of rotatable bonds is 3. The van der Waals surface area contributed by atoms with Gasteiger partial charge >= 0.3 is 0 Å². The zero-order valence-corrected chi connectivity index (χ0v) is 12.0. The summed E-state index contributed by atoms with van der Waals surface area (Å²) >= 11 is 5.86. The number of aliphatic hydroxyl groups is 1. The number of nitrogen functional groups attached to an aromatic ring is 1. The average molecular weight is 314 g/mol. The summed E-state index contributed by atoms with van der Waals surface area (Å²) in [5.74, 6) is -0.172. The maximum absolute atomic E-state index is 12.4. The number of nitro benzene ring substituents is 1. The summed E-state index contributed by atoms with van der Waals surface area (Å²) in [5, 5.41) is 19.9. The van der Waals surface area contributed by atoms with Gasteiger partial charge in [0.15, 0.2) is 0 Å². The molecule has 7 nitrogen and oxygen atoms in total. The minimum absolute atomic E-state index is 0.00204. The van der Waals surface area contributed by atoms with Crippen LogP contribution in [0.5, 0.6) is 0 Å². The molecule has 1 heterocycles. The minimum Gasteiger partial charge on any atom is -0.397 e. The third kappa shape index (κ3) is 3.25. The number of hydrogen-bond acceptors (Lipinski definition) is 5. The fourth-order valence-corrected chi connectivity index (χ4v) is 2.59. The Morgan fingerprint density at radius 2 is 2.10 bits per heavy atom. The molecule has 0 aromatic heterocycles. The van der Waals surface area contributed by atoms with E-state index in [1.807, 2.05) is 0 Å². The molecule has 0 spiro atoms. The van der Waals surface area contributed by atoms with Crippen LogP contribution in [0.1, 0.15) is 23.2 Å². The van der Waals surface area contributed by atoms with Gasteiger partial charge in [0.2, 0.25) is 0 Å². The molecule has 8 heteroatoms. The van der Waals surface area contributed by atoms with Gasteiger partial charge in [-0.3, -0.25) is 14.9 Å². The highest BCUT2D eigenvalue weighted by molar-refractivity contribution is 6.34. The molecule has 0 bridgehead atoms. The Labute approximate surface area is 126 Å². The van der Waals surface area contributed by atoms with E-state index in [4.69, 9.17) is 22.4 Å². The number of nitrogens with two attached hydrogens (primary N) is 1. The van der Waals surface area contributed by atoms with Crippen molar-refractivity contribution in [2.45, 2.75) is 12.8 Å². The van der Waals surface area contributed by atoms with Gasteiger partial charge in [-0.05, 0) is 18.8 Å². The summed E-state index contributed by atoms with van der Waals surface area (Å²) in [6.07, 6.45) is 1.40. The number of piperidine rings is 1. The fourth-order valence-electron chi connectivity index (χ4n) is 2.37. The number of aliphatic hydroxyl groups excluding tert-OH is 1. The molecule has 0 saturated carbocycles. The quantitative estimate of drug-likeness (QED) is 0.501. The van der Waals surface area contributed by atoms with E-state index in [9.17, 15) is 14.9 Å². The van der Waals surface area contributed by atoms with E-state index in [-0.39, 0.29) is 40.4 Å². The van der Waals surface area contributed by atoms with Crippen molar-refractivity contribution < 1.29 is 14.8 Å². The van der Waals surface area contributed by atoms with Gasteiger partial charge in [0, 0.05) is 31.8 Å². The Hall–Kier alpha value is -1.86. The first-order chi connectivity index (χ1) is 9.93. The topological polar surface area (TPSA) is 110 Å². The first-order valence-corrected chi connectivity index (χ1v) is 6.95. The maximum atomic E-state index is 12.4. The lowest BCUT2D eigenvalue weighted by molar-refractivity contribution is -0.384. The van der Waals surface area contributed by atoms with Crippen LogP contribution in [-0.2, 0) is 0 Å². The normalized spacial score (nSPS) is 16.0. The molecule has 1 amide bonds. The third-order valence-electron chi connectivity index (χ3n) is 3.72. The van der Waals surface area contributed by atoms with E-state index in [1.54, 1.807) is 4.90 Å². The van der Waals surface area contributed by atoms with Crippen molar-refractivity contribution in [1.82, 2.24) is 4.90 Å². The smallest absolute Gasteiger partial charge is 0.271 e. The van der Waals surface area contributed by atoms with Crippen molar-refractivity contribution in [3.63, 3.8) is 0 Å². The lowest BCUT2D eigenvalue weighted by atomic mass is 9.97. The predicted molar refractivity (Wildman–Crippen MR) is 78.2 cm³/mol. The second-order valence-electron chi connectivity index (χ2n) is 5.06. The molecule has 1 fully saturated rings. The summed E-state index contributed by atoms with van der Waals surface area (Å²) in [7, 11) is 0. The molecule has 0 unspecified atom stereocenters. The van der Waals surface area contributed by atoms with Crippen molar-refractivity contribution in [3.8, 4) is 0 Å². The SMILES string of the molecule is Nc1c(Cl)cc([N+](=O)[O-])cc1C(=O)N1CCC(CO)CC1. The van der Waals surface area contributed by atoms with Crippen LogP contribution in [0.4, 0.5) is 11.4 Å². The highest BCUT2D eigenvalue weighted by Crippen LogP contribution is 2.30. The number of nitrogens with zero attached hydrogens (tertiary/aromatic N) is 2. The highest BCUT2D eigenvalue weighted by atomic mass is 35.5. The second-order valence-corrected chi connectivity index (χ2v) is 5.47. The molecule has 1 aliphatic rings. The molecule has 2 rings (SSSR count). The third-order valence-corrected chi connectivity index (χ3v) is 4.03. The monoisotopic (exact) mass is 313 g/mol. The Kier molecular flexibility index (Phi) is 4.64. The number of non-ortho nitro benzene ring substituents is 1. The minimum atomic E-state index is -0.611. The Morgan fingerprint density at radius 3 is 2.62 bits per heavy atom. The molecular formula is C13H16ClN3O4. The van der Waals surface area contributed by atoms with Crippen molar-refractivity contribution >= 4 is 28.9 Å². The summed E-state index contributed by atoms with van der Waals surface area (Å²) in [4.78, 5) is 24.3. The fraction of sp³-hybridized carbons (Fsp3) is 0.462. The molecule has 21 heavy (non-hydrogen) atoms. The first kappa shape index (κ1) is 15.5. The molecule has 3 N–H and O–H groups in total. The predicted octanol–water partition coefficient (Wildman–Crippen LogP) is 1.67. The summed E-state index contributed by atoms with van der Waals surface area (Å²) in [6.45, 7) is 1.08. The van der Waals surface area contributed by atoms with Crippen LogP contribution in [0.3, 0.4) is 0 Å². The molecule has 1 aromatic rings. The zero-order valence-electron chi connectivity index (χ0n) is 11.3. The highest BCUT2D eigenvalue weighted by Gasteiger charge is 2.26. The first-order valence-electron chi connectivity index (χ1n) is 6.57. The number of nitro groups is 1. The number of amides is 1. The molecular weight excluding hydrogens is 298 g/mol. The summed E-state index contributed by atoms with van der Waals surface area (Å²) in [6, 6.07) is 2.29. The van der Waals surface area contributed by atoms with Crippen LogP contribution in [0.15, 0.2) is 12.1 Å². The van der Waals surface area contributed by atoms with Crippen molar-refractivity contribution in [2.24, 2.45) is 5.92 Å². The van der Waals surface area contributed by atoms with Crippen LogP contribution in [-0.4, -0.2) is 40.5 Å². The molecule has 0 aliphatic carbocycles. The second kappa shape index (κ2) is 6.28. The lowest BCUT2D eigenvalue weighted by Crippen LogP contribution is -2.39. The van der Waals surface area contributed by atoms with Gasteiger partial charge in [0.1, 0.15) is 0 Å². The Bertz CT molecular complexity index is 571. The molecule has 1 saturated heterocycles. The number of anilines is 1. The molecule has 0 atom stereocenters. The van der Waals surface area contributed by atoms with Crippen LogP contribution in [0.25, 0.3) is 0 Å². The zero-order chi connectivity index (χ0) is 15.6. The number of halogens is 1. The van der Waals surface area contributed by atoms with E-state index >= 15 is 0 Å². The maximum Gasteiger partial charge on any atom is 0.271 e. The summed E-state index contributed by atoms with van der Waals surface area (Å²) in [5.41, 5.74) is 5.61. The number of carbonyl (C=O) groups is 1. The van der Waals surface area contributed by atoms with Gasteiger partial charge in [-0.2, -0.15) is 0 Å². The molecule has 1 aliphatic heterocycles. The lowest BCUT2D eigenvalue weighted by Gasteiger charge is -2.31.